The van der Waals surface area contributed by atoms with Crippen molar-refractivity contribution >= 4 is 11.7 Å². The molecule has 1 fully saturated rings. The van der Waals surface area contributed by atoms with Gasteiger partial charge in [-0.2, -0.15) is 0 Å². The van der Waals surface area contributed by atoms with Gasteiger partial charge in [-0.1, -0.05) is 18.2 Å². The Balaban J connectivity index is 2.36. The number of carbonyl (C=O) groups is 1. The van der Waals surface area contributed by atoms with Gasteiger partial charge in [-0.25, -0.2) is 4.79 Å². The van der Waals surface area contributed by atoms with E-state index in [1.165, 1.54) is 0 Å². The van der Waals surface area contributed by atoms with Crippen LogP contribution < -0.4 is 16.4 Å². The molecule has 4 heteroatoms. The molecule has 0 saturated carbocycles. The number of amides is 2. The van der Waals surface area contributed by atoms with Gasteiger partial charge in [0.15, 0.2) is 0 Å². The van der Waals surface area contributed by atoms with E-state index >= 15 is 0 Å². The molecule has 1 saturated heterocycles. The van der Waals surface area contributed by atoms with E-state index in [1.54, 1.807) is 0 Å². The van der Waals surface area contributed by atoms with E-state index in [2.05, 4.69) is 10.6 Å². The minimum Gasteiger partial charge on any atom is -0.398 e. The molecule has 1 aliphatic heterocycles. The summed E-state index contributed by atoms with van der Waals surface area (Å²) in [6, 6.07) is 7.51. The minimum absolute atomic E-state index is 0.132. The summed E-state index contributed by atoms with van der Waals surface area (Å²) in [4.78, 5) is 11.3. The molecule has 1 heterocycles. The number of hydrogen-bond acceptors (Lipinski definition) is 2. The van der Waals surface area contributed by atoms with E-state index in [0.29, 0.717) is 6.54 Å². The SMILES string of the molecule is CC1(c2ccccc2N)CCNC(=O)N1. The van der Waals surface area contributed by atoms with Gasteiger partial charge in [0, 0.05) is 17.8 Å². The van der Waals surface area contributed by atoms with E-state index in [0.717, 1.165) is 17.7 Å². The molecule has 0 aromatic heterocycles. The Labute approximate surface area is 88.9 Å². The second kappa shape index (κ2) is 3.46. The van der Waals surface area contributed by atoms with Gasteiger partial charge >= 0.3 is 6.03 Å². The van der Waals surface area contributed by atoms with Crippen LogP contribution in [0.3, 0.4) is 0 Å². The summed E-state index contributed by atoms with van der Waals surface area (Å²) < 4.78 is 0. The molecule has 0 radical (unpaired) electrons. The molecule has 1 unspecified atom stereocenters. The zero-order valence-corrected chi connectivity index (χ0v) is 8.71. The van der Waals surface area contributed by atoms with Gasteiger partial charge in [0.1, 0.15) is 0 Å². The van der Waals surface area contributed by atoms with Crippen LogP contribution in [0.2, 0.25) is 0 Å². The van der Waals surface area contributed by atoms with Crippen molar-refractivity contribution in [3.05, 3.63) is 29.8 Å². The second-order valence-electron chi connectivity index (χ2n) is 4.05. The zero-order chi connectivity index (χ0) is 10.9. The van der Waals surface area contributed by atoms with Crippen LogP contribution in [0, 0.1) is 0 Å². The number of rotatable bonds is 1. The summed E-state index contributed by atoms with van der Waals surface area (Å²) in [5.74, 6) is 0. The number of nitrogens with two attached hydrogens (primary N) is 1. The van der Waals surface area contributed by atoms with E-state index in [1.807, 2.05) is 31.2 Å². The molecule has 0 bridgehead atoms. The number of hydrogen-bond donors (Lipinski definition) is 3. The molecular formula is C11H15N3O. The Morgan fingerprint density at radius 3 is 2.80 bits per heavy atom. The highest BCUT2D eigenvalue weighted by atomic mass is 16.2. The number of nitrogen functional groups attached to an aromatic ring is 1. The summed E-state index contributed by atoms with van der Waals surface area (Å²) in [5, 5.41) is 5.66. The van der Waals surface area contributed by atoms with Crippen molar-refractivity contribution in [2.45, 2.75) is 18.9 Å². The van der Waals surface area contributed by atoms with E-state index < -0.39 is 0 Å². The van der Waals surface area contributed by atoms with Crippen molar-refractivity contribution in [3.63, 3.8) is 0 Å². The van der Waals surface area contributed by atoms with Crippen LogP contribution in [0.1, 0.15) is 18.9 Å². The molecular weight excluding hydrogens is 190 g/mol. The Morgan fingerprint density at radius 1 is 1.40 bits per heavy atom. The number of benzene rings is 1. The van der Waals surface area contributed by atoms with Crippen molar-refractivity contribution in [3.8, 4) is 0 Å². The summed E-state index contributed by atoms with van der Waals surface area (Å²) in [6.45, 7) is 2.67. The molecule has 1 aromatic rings. The summed E-state index contributed by atoms with van der Waals surface area (Å²) in [7, 11) is 0. The quantitative estimate of drug-likeness (QED) is 0.603. The molecule has 1 aliphatic rings. The van der Waals surface area contributed by atoms with Crippen LogP contribution in [0.25, 0.3) is 0 Å². The molecule has 1 atom stereocenters. The first kappa shape index (κ1) is 9.83. The monoisotopic (exact) mass is 205 g/mol. The van der Waals surface area contributed by atoms with Gasteiger partial charge in [-0.15, -0.1) is 0 Å². The Bertz CT molecular complexity index is 391. The topological polar surface area (TPSA) is 67.1 Å². The van der Waals surface area contributed by atoms with Crippen LogP contribution in [0.4, 0.5) is 10.5 Å². The van der Waals surface area contributed by atoms with Crippen molar-refractivity contribution in [1.82, 2.24) is 10.6 Å². The largest absolute Gasteiger partial charge is 0.398 e. The Hall–Kier alpha value is -1.71. The fourth-order valence-electron chi connectivity index (χ4n) is 1.98. The molecule has 4 nitrogen and oxygen atoms in total. The lowest BCUT2D eigenvalue weighted by atomic mass is 9.86. The third-order valence-electron chi connectivity index (χ3n) is 2.86. The lowest BCUT2D eigenvalue weighted by molar-refractivity contribution is 0.211. The number of nitrogens with one attached hydrogen (secondary N) is 2. The molecule has 0 aliphatic carbocycles. The van der Waals surface area contributed by atoms with E-state index in [-0.39, 0.29) is 11.6 Å². The maximum Gasteiger partial charge on any atom is 0.315 e. The first-order chi connectivity index (χ1) is 7.12. The van der Waals surface area contributed by atoms with Crippen molar-refractivity contribution in [1.29, 1.82) is 0 Å². The van der Waals surface area contributed by atoms with Crippen molar-refractivity contribution < 1.29 is 4.79 Å². The molecule has 1 aromatic carbocycles. The van der Waals surface area contributed by atoms with Crippen LogP contribution >= 0.6 is 0 Å². The van der Waals surface area contributed by atoms with Crippen LogP contribution in [0.5, 0.6) is 0 Å². The minimum atomic E-state index is -0.353. The first-order valence-electron chi connectivity index (χ1n) is 5.03. The third kappa shape index (κ3) is 1.75. The van der Waals surface area contributed by atoms with Gasteiger partial charge in [-0.05, 0) is 19.4 Å². The van der Waals surface area contributed by atoms with E-state index in [9.17, 15) is 4.79 Å². The maximum absolute atomic E-state index is 11.3. The van der Waals surface area contributed by atoms with Gasteiger partial charge in [-0.3, -0.25) is 0 Å². The fourth-order valence-corrected chi connectivity index (χ4v) is 1.98. The summed E-state index contributed by atoms with van der Waals surface area (Å²) in [6.07, 6.45) is 0.840. The Morgan fingerprint density at radius 2 is 2.13 bits per heavy atom. The van der Waals surface area contributed by atoms with Gasteiger partial charge in [0.05, 0.1) is 5.54 Å². The summed E-state index contributed by atoms with van der Waals surface area (Å²) >= 11 is 0. The zero-order valence-electron chi connectivity index (χ0n) is 8.71. The number of urea groups is 1. The van der Waals surface area contributed by atoms with Crippen molar-refractivity contribution in [2.24, 2.45) is 0 Å². The molecule has 15 heavy (non-hydrogen) atoms. The molecule has 2 amide bonds. The van der Waals surface area contributed by atoms with Crippen LogP contribution in [-0.2, 0) is 5.54 Å². The third-order valence-corrected chi connectivity index (χ3v) is 2.86. The predicted molar refractivity (Wildman–Crippen MR) is 59.4 cm³/mol. The number of para-hydroxylation sites is 1. The highest BCUT2D eigenvalue weighted by molar-refractivity contribution is 5.76. The average molecular weight is 205 g/mol. The molecule has 80 valence electrons. The Kier molecular flexibility index (Phi) is 2.26. The van der Waals surface area contributed by atoms with Gasteiger partial charge in [0.2, 0.25) is 0 Å². The second-order valence-corrected chi connectivity index (χ2v) is 4.05. The lowest BCUT2D eigenvalue weighted by Crippen LogP contribution is -2.54. The molecule has 2 rings (SSSR count). The fraction of sp³-hybridized carbons (Fsp3) is 0.364. The van der Waals surface area contributed by atoms with Gasteiger partial charge < -0.3 is 16.4 Å². The molecule has 4 N–H and O–H groups in total. The highest BCUT2D eigenvalue weighted by Crippen LogP contribution is 2.30. The summed E-state index contributed by atoms with van der Waals surface area (Å²) in [5.41, 5.74) is 7.27. The molecule has 0 spiro atoms. The van der Waals surface area contributed by atoms with Crippen molar-refractivity contribution in [2.75, 3.05) is 12.3 Å². The normalized spacial score (nSPS) is 25.5. The van der Waals surface area contributed by atoms with Crippen LogP contribution in [0.15, 0.2) is 24.3 Å². The average Bonchev–Trinajstić information content (AvgIpc) is 2.17. The van der Waals surface area contributed by atoms with Crippen LogP contribution in [-0.4, -0.2) is 12.6 Å². The first-order valence-corrected chi connectivity index (χ1v) is 5.03. The predicted octanol–water partition coefficient (Wildman–Crippen LogP) is 1.19. The van der Waals surface area contributed by atoms with E-state index in [4.69, 9.17) is 5.73 Å². The number of anilines is 1. The smallest absolute Gasteiger partial charge is 0.315 e. The van der Waals surface area contributed by atoms with Gasteiger partial charge in [0.25, 0.3) is 0 Å². The number of carbonyl (C=O) groups excluding carboxylic acids is 1. The standard InChI is InChI=1S/C11H15N3O/c1-11(6-7-13-10(15)14-11)8-4-2-3-5-9(8)12/h2-5H,6-7,12H2,1H3,(H2,13,14,15). The maximum atomic E-state index is 11.3. The highest BCUT2D eigenvalue weighted by Gasteiger charge is 2.32. The lowest BCUT2D eigenvalue weighted by Gasteiger charge is -2.36.